The Morgan fingerprint density at radius 1 is 1.23 bits per heavy atom. The third-order valence-corrected chi connectivity index (χ3v) is 1.42. The summed E-state index contributed by atoms with van der Waals surface area (Å²) in [6.07, 6.45) is -2.23. The largest absolute Gasteiger partial charge is 0.481 e. The summed E-state index contributed by atoms with van der Waals surface area (Å²) in [4.78, 5) is 31.3. The molecule has 7 heteroatoms. The molecule has 0 saturated carbocycles. The first-order valence-corrected chi connectivity index (χ1v) is 3.26. The lowest BCUT2D eigenvalue weighted by atomic mass is 10.2. The molecule has 1 atom stereocenters. The Hall–Kier alpha value is -1.79. The minimum atomic E-state index is -1.55. The van der Waals surface area contributed by atoms with Crippen molar-refractivity contribution in [1.29, 1.82) is 0 Å². The molecule has 0 radical (unpaired) electrons. The van der Waals surface area contributed by atoms with Crippen molar-refractivity contribution < 1.29 is 29.7 Å². The van der Waals surface area contributed by atoms with Crippen LogP contribution in [-0.4, -0.2) is 51.3 Å². The molecule has 0 bridgehead atoms. The molecule has 0 aromatic heterocycles. The number of aliphatic carboxylic acids is 2. The van der Waals surface area contributed by atoms with E-state index in [1.807, 2.05) is 0 Å². The first kappa shape index (κ1) is 11.2. The maximum Gasteiger partial charge on any atom is 0.407 e. The number of rotatable bonds is 4. The van der Waals surface area contributed by atoms with Gasteiger partial charge >= 0.3 is 18.0 Å². The number of hydrogen-bond donors (Lipinski definition) is 3. The lowest BCUT2D eigenvalue weighted by Crippen LogP contribution is -2.42. The normalized spacial score (nSPS) is 11.8. The smallest absolute Gasteiger partial charge is 0.407 e. The molecular weight excluding hydrogens is 182 g/mol. The highest BCUT2D eigenvalue weighted by Gasteiger charge is 2.28. The summed E-state index contributed by atoms with van der Waals surface area (Å²) in [5.41, 5.74) is 0. The molecule has 0 aliphatic heterocycles. The van der Waals surface area contributed by atoms with Crippen molar-refractivity contribution in [2.45, 2.75) is 12.5 Å². The van der Waals surface area contributed by atoms with Crippen molar-refractivity contribution >= 4 is 18.0 Å². The lowest BCUT2D eigenvalue weighted by molar-refractivity contribution is -0.148. The van der Waals surface area contributed by atoms with E-state index < -0.39 is 30.5 Å². The molecule has 1 amide bonds. The van der Waals surface area contributed by atoms with E-state index >= 15 is 0 Å². The van der Waals surface area contributed by atoms with E-state index in [4.69, 9.17) is 15.3 Å². The van der Waals surface area contributed by atoms with Crippen LogP contribution < -0.4 is 0 Å². The lowest BCUT2D eigenvalue weighted by Gasteiger charge is -2.19. The maximum absolute atomic E-state index is 10.4. The molecular formula is C6H9NO6. The van der Waals surface area contributed by atoms with E-state index in [1.54, 1.807) is 0 Å². The highest BCUT2D eigenvalue weighted by molar-refractivity contribution is 5.84. The summed E-state index contributed by atoms with van der Waals surface area (Å²) in [6, 6.07) is -1.55. The highest BCUT2D eigenvalue weighted by atomic mass is 16.4. The predicted molar refractivity (Wildman–Crippen MR) is 39.5 cm³/mol. The zero-order chi connectivity index (χ0) is 10.6. The van der Waals surface area contributed by atoms with E-state index in [0.29, 0.717) is 4.90 Å². The quantitative estimate of drug-likeness (QED) is 0.553. The summed E-state index contributed by atoms with van der Waals surface area (Å²) in [7, 11) is 1.00. The van der Waals surface area contributed by atoms with Gasteiger partial charge in [-0.3, -0.25) is 9.69 Å². The van der Waals surface area contributed by atoms with Gasteiger partial charge in [0.1, 0.15) is 6.04 Å². The van der Waals surface area contributed by atoms with Crippen molar-refractivity contribution in [3.63, 3.8) is 0 Å². The van der Waals surface area contributed by atoms with Crippen LogP contribution in [0.4, 0.5) is 4.79 Å². The van der Waals surface area contributed by atoms with E-state index in [9.17, 15) is 14.4 Å². The van der Waals surface area contributed by atoms with Crippen molar-refractivity contribution in [2.75, 3.05) is 7.05 Å². The molecule has 0 aromatic rings. The molecule has 0 fully saturated rings. The average Bonchev–Trinajstić information content (AvgIpc) is 1.97. The minimum Gasteiger partial charge on any atom is -0.481 e. The first-order chi connectivity index (χ1) is 5.86. The van der Waals surface area contributed by atoms with Crippen molar-refractivity contribution in [3.8, 4) is 0 Å². The average molecular weight is 191 g/mol. The van der Waals surface area contributed by atoms with Crippen molar-refractivity contribution in [1.82, 2.24) is 4.90 Å². The number of carboxylic acid groups (broad SMARTS) is 3. The monoisotopic (exact) mass is 191 g/mol. The molecule has 3 N–H and O–H groups in total. The molecule has 7 nitrogen and oxygen atoms in total. The van der Waals surface area contributed by atoms with Crippen LogP contribution in [0.5, 0.6) is 0 Å². The second-order valence-corrected chi connectivity index (χ2v) is 2.35. The van der Waals surface area contributed by atoms with Crippen LogP contribution in [0.15, 0.2) is 0 Å². The fourth-order valence-corrected chi connectivity index (χ4v) is 0.689. The molecule has 0 heterocycles. The highest BCUT2D eigenvalue weighted by Crippen LogP contribution is 2.02. The summed E-state index contributed by atoms with van der Waals surface area (Å²) < 4.78 is 0. The third-order valence-electron chi connectivity index (χ3n) is 1.42. The molecule has 0 aromatic carbocycles. The summed E-state index contributed by atoms with van der Waals surface area (Å²) in [6.45, 7) is 0. The zero-order valence-electron chi connectivity index (χ0n) is 6.80. The van der Waals surface area contributed by atoms with Gasteiger partial charge in [-0.15, -0.1) is 0 Å². The van der Waals surface area contributed by atoms with Gasteiger partial charge in [0.25, 0.3) is 0 Å². The van der Waals surface area contributed by atoms with Gasteiger partial charge in [-0.1, -0.05) is 0 Å². The van der Waals surface area contributed by atoms with Gasteiger partial charge in [0.05, 0.1) is 6.42 Å². The zero-order valence-corrected chi connectivity index (χ0v) is 6.80. The molecule has 0 spiro atoms. The van der Waals surface area contributed by atoms with E-state index in [0.717, 1.165) is 7.05 Å². The van der Waals surface area contributed by atoms with E-state index in [1.165, 1.54) is 0 Å². The Bertz CT molecular complexity index is 237. The summed E-state index contributed by atoms with van der Waals surface area (Å²) in [5.74, 6) is -2.84. The molecule has 0 saturated heterocycles. The van der Waals surface area contributed by atoms with Crippen LogP contribution in [0.2, 0.25) is 0 Å². The molecule has 0 aliphatic carbocycles. The Morgan fingerprint density at radius 3 is 1.92 bits per heavy atom. The van der Waals surface area contributed by atoms with Gasteiger partial charge < -0.3 is 15.3 Å². The number of carboxylic acids is 2. The fourth-order valence-electron chi connectivity index (χ4n) is 0.689. The van der Waals surface area contributed by atoms with Gasteiger partial charge in [0.15, 0.2) is 0 Å². The van der Waals surface area contributed by atoms with Crippen molar-refractivity contribution in [3.05, 3.63) is 0 Å². The summed E-state index contributed by atoms with van der Waals surface area (Å²) in [5, 5.41) is 25.1. The predicted octanol–water partition coefficient (Wildman–Crippen LogP) is -0.476. The number of nitrogens with zero attached hydrogens (tertiary/aromatic N) is 1. The van der Waals surface area contributed by atoms with Gasteiger partial charge in [-0.2, -0.15) is 0 Å². The van der Waals surface area contributed by atoms with Crippen LogP contribution >= 0.6 is 0 Å². The Labute approximate surface area is 73.2 Å². The summed E-state index contributed by atoms with van der Waals surface area (Å²) >= 11 is 0. The Morgan fingerprint density at radius 2 is 1.69 bits per heavy atom. The third kappa shape index (κ3) is 3.41. The van der Waals surface area contributed by atoms with Crippen LogP contribution in [0.25, 0.3) is 0 Å². The molecule has 0 rings (SSSR count). The minimum absolute atomic E-state index is 0.441. The van der Waals surface area contributed by atoms with E-state index in [-0.39, 0.29) is 0 Å². The number of likely N-dealkylation sites (N-methyl/N-ethyl adjacent to an activating group) is 1. The van der Waals surface area contributed by atoms with Gasteiger partial charge in [0, 0.05) is 7.05 Å². The number of carbonyl (C=O) groups is 3. The van der Waals surface area contributed by atoms with Crippen molar-refractivity contribution in [2.24, 2.45) is 0 Å². The number of hydrogen-bond acceptors (Lipinski definition) is 3. The molecule has 13 heavy (non-hydrogen) atoms. The van der Waals surface area contributed by atoms with Gasteiger partial charge in [0.2, 0.25) is 0 Å². The molecule has 0 unspecified atom stereocenters. The molecule has 74 valence electrons. The van der Waals surface area contributed by atoms with Crippen LogP contribution in [-0.2, 0) is 9.59 Å². The number of amides is 1. The Balaban J connectivity index is 4.51. The fraction of sp³-hybridized carbons (Fsp3) is 0.500. The topological polar surface area (TPSA) is 115 Å². The van der Waals surface area contributed by atoms with Crippen LogP contribution in [0, 0.1) is 0 Å². The van der Waals surface area contributed by atoms with Crippen LogP contribution in [0.3, 0.4) is 0 Å². The van der Waals surface area contributed by atoms with Gasteiger partial charge in [-0.05, 0) is 0 Å². The Kier molecular flexibility index (Phi) is 3.70. The maximum atomic E-state index is 10.4. The second-order valence-electron chi connectivity index (χ2n) is 2.35. The van der Waals surface area contributed by atoms with Crippen LogP contribution in [0.1, 0.15) is 6.42 Å². The standard InChI is InChI=1S/C6H9NO6/c1-7(6(12)13)3(5(10)11)2-4(8)9/h3H,2H2,1H3,(H,8,9)(H,10,11)(H,12,13)/t3-/m0/s1. The molecule has 0 aliphatic rings. The first-order valence-electron chi connectivity index (χ1n) is 3.26. The van der Waals surface area contributed by atoms with Gasteiger partial charge in [-0.25, -0.2) is 9.59 Å². The second kappa shape index (κ2) is 4.29. The van der Waals surface area contributed by atoms with E-state index in [2.05, 4.69) is 0 Å². The SMILES string of the molecule is CN(C(=O)O)[C@@H](CC(=O)O)C(=O)O.